The molecule has 1 fully saturated rings. The van der Waals surface area contributed by atoms with Crippen LogP contribution in [0.15, 0.2) is 53.9 Å². The number of carbonyl (C=O) groups is 1. The van der Waals surface area contributed by atoms with Crippen molar-refractivity contribution in [1.29, 1.82) is 0 Å². The summed E-state index contributed by atoms with van der Waals surface area (Å²) in [4.78, 5) is 17.3. The quantitative estimate of drug-likeness (QED) is 0.129. The van der Waals surface area contributed by atoms with Crippen molar-refractivity contribution in [2.45, 2.75) is 39.8 Å². The van der Waals surface area contributed by atoms with Crippen LogP contribution in [0.4, 0.5) is 15.8 Å². The molecular formula is C30H37FN6O5. The van der Waals surface area contributed by atoms with Crippen LogP contribution in [0.3, 0.4) is 0 Å². The topological polar surface area (TPSA) is 157 Å². The van der Waals surface area contributed by atoms with Gasteiger partial charge >= 0.3 is 0 Å². The third-order valence-corrected chi connectivity index (χ3v) is 6.51. The first-order valence-corrected chi connectivity index (χ1v) is 13.5. The summed E-state index contributed by atoms with van der Waals surface area (Å²) in [5, 5.41) is 24.5. The van der Waals surface area contributed by atoms with Gasteiger partial charge in [-0.1, -0.05) is 20.8 Å². The summed E-state index contributed by atoms with van der Waals surface area (Å²) in [6.45, 7) is 7.84. The number of nitrogens with two attached hydrogens (primary N) is 1. The van der Waals surface area contributed by atoms with Crippen LogP contribution >= 0.6 is 0 Å². The second kappa shape index (κ2) is 14.3. The number of anilines is 1. The molecule has 0 atom stereocenters. The smallest absolute Gasteiger partial charge is 0.290 e. The summed E-state index contributed by atoms with van der Waals surface area (Å²) < 4.78 is 26.9. The van der Waals surface area contributed by atoms with Crippen LogP contribution in [-0.4, -0.2) is 69.7 Å². The number of aromatic hydroxyl groups is 1. The minimum atomic E-state index is -1.46. The predicted molar refractivity (Wildman–Crippen MR) is 161 cm³/mol. The number of phenolic OH excluding ortho intramolecular Hbond substituents is 1. The molecule has 1 aromatic carbocycles. The van der Waals surface area contributed by atoms with Gasteiger partial charge < -0.3 is 30.7 Å². The number of alkyl halides is 1. The van der Waals surface area contributed by atoms with E-state index < -0.39 is 5.67 Å². The molecule has 1 aliphatic rings. The molecule has 0 radical (unpaired) electrons. The van der Waals surface area contributed by atoms with E-state index in [1.54, 1.807) is 42.2 Å². The van der Waals surface area contributed by atoms with Crippen LogP contribution in [0.5, 0.6) is 11.6 Å². The Kier molecular flexibility index (Phi) is 10.8. The summed E-state index contributed by atoms with van der Waals surface area (Å²) in [7, 11) is 1.58. The van der Waals surface area contributed by atoms with Crippen LogP contribution in [0.25, 0.3) is 16.6 Å². The predicted octanol–water partition coefficient (Wildman–Crippen LogP) is 4.90. The van der Waals surface area contributed by atoms with E-state index in [0.717, 1.165) is 22.3 Å². The Morgan fingerprint density at radius 3 is 2.60 bits per heavy atom. The number of amidine groups is 1. The average molecular weight is 581 g/mol. The van der Waals surface area contributed by atoms with Crippen molar-refractivity contribution in [3.8, 4) is 22.8 Å². The Labute approximate surface area is 243 Å². The van der Waals surface area contributed by atoms with E-state index in [1.807, 2.05) is 46.0 Å². The van der Waals surface area contributed by atoms with E-state index in [2.05, 4.69) is 20.4 Å². The molecular weight excluding hydrogens is 543 g/mol. The van der Waals surface area contributed by atoms with Crippen molar-refractivity contribution in [2.75, 3.05) is 32.2 Å². The molecule has 0 aliphatic carbocycles. The fraction of sp³-hybridized carbons (Fsp3) is 0.333. The van der Waals surface area contributed by atoms with Crippen LogP contribution in [-0.2, 0) is 16.0 Å². The minimum absolute atomic E-state index is 0.0383. The molecule has 11 nitrogen and oxygen atoms in total. The van der Waals surface area contributed by atoms with E-state index in [4.69, 9.17) is 25.1 Å². The van der Waals surface area contributed by atoms with Crippen molar-refractivity contribution in [3.05, 3.63) is 65.6 Å². The fourth-order valence-electron chi connectivity index (χ4n) is 4.35. The highest BCUT2D eigenvalue weighted by Gasteiger charge is 2.39. The number of pyridine rings is 1. The summed E-state index contributed by atoms with van der Waals surface area (Å²) in [5.74, 6) is 0.925. The first-order chi connectivity index (χ1) is 20.2. The third kappa shape index (κ3) is 7.13. The first-order valence-electron chi connectivity index (χ1n) is 13.5. The van der Waals surface area contributed by atoms with Gasteiger partial charge in [-0.3, -0.25) is 4.79 Å². The summed E-state index contributed by atoms with van der Waals surface area (Å²) in [5.41, 5.74) is 11.2. The number of aliphatic imine (C=N–C) groups is 1. The van der Waals surface area contributed by atoms with Gasteiger partial charge in [0.1, 0.15) is 11.6 Å². The molecule has 0 unspecified atom stereocenters. The molecule has 4 heterocycles. The standard InChI is InChI=1S/C27H29FN6O3.C2H6.CH2O2/c1-4-17-8-19(35)5-6-22(17)33-26(29)21-11-32-34-12-18(20-10-30-24(36-3)7-16(20)2)9-23(34)25(21)31-13-27(28)14-37-15-27;1-2;2-1-3/h5-12,31,35H,4,13-15H2,1-3H3,(H2,29,33);1-2H3;1H,(H,2,3). The highest BCUT2D eigenvalue weighted by Crippen LogP contribution is 2.33. The van der Waals surface area contributed by atoms with E-state index in [9.17, 15) is 9.50 Å². The number of halogens is 1. The second-order valence-electron chi connectivity index (χ2n) is 9.30. The molecule has 0 bridgehead atoms. The Morgan fingerprint density at radius 2 is 2.00 bits per heavy atom. The molecule has 0 saturated carbocycles. The summed E-state index contributed by atoms with van der Waals surface area (Å²) in [6, 6.07) is 8.79. The van der Waals surface area contributed by atoms with E-state index in [1.165, 1.54) is 0 Å². The Bertz CT molecular complexity index is 1550. The van der Waals surface area contributed by atoms with Crippen molar-refractivity contribution < 1.29 is 28.9 Å². The third-order valence-electron chi connectivity index (χ3n) is 6.51. The highest BCUT2D eigenvalue weighted by molar-refractivity contribution is 6.06. The van der Waals surface area contributed by atoms with Crippen molar-refractivity contribution in [3.63, 3.8) is 0 Å². The molecule has 12 heteroatoms. The molecule has 1 saturated heterocycles. The summed E-state index contributed by atoms with van der Waals surface area (Å²) >= 11 is 0. The normalized spacial score (nSPS) is 13.6. The maximum absolute atomic E-state index is 14.9. The minimum Gasteiger partial charge on any atom is -0.508 e. The van der Waals surface area contributed by atoms with Crippen LogP contribution in [0.2, 0.25) is 0 Å². The first kappa shape index (κ1) is 31.8. The lowest BCUT2D eigenvalue weighted by atomic mass is 10.0. The molecule has 0 amide bonds. The Hall–Kier alpha value is -4.71. The lowest BCUT2D eigenvalue weighted by Crippen LogP contribution is -2.50. The van der Waals surface area contributed by atoms with E-state index in [-0.39, 0.29) is 37.8 Å². The lowest BCUT2D eigenvalue weighted by molar-refractivity contribution is -0.122. The number of nitrogens with one attached hydrogen (secondary N) is 1. The van der Waals surface area contributed by atoms with Gasteiger partial charge in [0.25, 0.3) is 6.47 Å². The van der Waals surface area contributed by atoms with Gasteiger partial charge in [-0.25, -0.2) is 18.9 Å². The largest absolute Gasteiger partial charge is 0.508 e. The molecule has 1 aliphatic heterocycles. The molecule has 42 heavy (non-hydrogen) atoms. The van der Waals surface area contributed by atoms with Crippen LogP contribution in [0.1, 0.15) is 37.5 Å². The zero-order valence-electron chi connectivity index (χ0n) is 24.4. The number of ether oxygens (including phenoxy) is 2. The maximum atomic E-state index is 14.9. The van der Waals surface area contributed by atoms with E-state index >= 15 is 0 Å². The fourth-order valence-corrected chi connectivity index (χ4v) is 4.35. The SMILES string of the molecule is CC.CCc1cc(O)ccc1N=C(N)c1cnn2cc(-c3cnc(OC)cc3C)cc2c1NCC1(F)COC1.O=CO. The molecule has 4 aromatic rings. The van der Waals surface area contributed by atoms with Gasteiger partial charge in [-0.2, -0.15) is 5.10 Å². The number of benzene rings is 1. The Morgan fingerprint density at radius 1 is 1.29 bits per heavy atom. The number of phenols is 1. The number of nitrogens with zero attached hydrogens (tertiary/aromatic N) is 4. The number of hydrogen-bond acceptors (Lipinski definition) is 8. The van der Waals surface area contributed by atoms with Crippen LogP contribution < -0.4 is 15.8 Å². The van der Waals surface area contributed by atoms with Gasteiger partial charge in [-0.15, -0.1) is 0 Å². The van der Waals surface area contributed by atoms with Gasteiger partial charge in [-0.05, 0) is 48.7 Å². The zero-order valence-corrected chi connectivity index (χ0v) is 24.4. The van der Waals surface area contributed by atoms with Gasteiger partial charge in [0, 0.05) is 29.6 Å². The number of carboxylic acid groups (broad SMARTS) is 1. The molecule has 5 rings (SSSR count). The van der Waals surface area contributed by atoms with Gasteiger partial charge in [0.05, 0.1) is 55.5 Å². The number of fused-ring (bicyclic) bond motifs is 1. The molecule has 3 aromatic heterocycles. The number of aryl methyl sites for hydroxylation is 2. The molecule has 224 valence electrons. The maximum Gasteiger partial charge on any atom is 0.290 e. The number of rotatable bonds is 8. The number of aromatic nitrogens is 3. The lowest BCUT2D eigenvalue weighted by Gasteiger charge is -2.34. The van der Waals surface area contributed by atoms with Crippen molar-refractivity contribution in [2.24, 2.45) is 10.7 Å². The van der Waals surface area contributed by atoms with Gasteiger partial charge in [0.15, 0.2) is 5.67 Å². The van der Waals surface area contributed by atoms with Crippen molar-refractivity contribution >= 4 is 29.2 Å². The van der Waals surface area contributed by atoms with Gasteiger partial charge in [0.2, 0.25) is 5.88 Å². The zero-order chi connectivity index (χ0) is 30.9. The number of hydrogen-bond donors (Lipinski definition) is 4. The monoisotopic (exact) mass is 580 g/mol. The number of methoxy groups -OCH3 is 1. The summed E-state index contributed by atoms with van der Waals surface area (Å²) in [6.07, 6.45) is 5.93. The highest BCUT2D eigenvalue weighted by atomic mass is 19.1. The van der Waals surface area contributed by atoms with E-state index in [0.29, 0.717) is 34.8 Å². The second-order valence-corrected chi connectivity index (χ2v) is 9.30. The molecule has 5 N–H and O–H groups in total. The molecule has 0 spiro atoms. The Balaban J connectivity index is 0.000000910. The van der Waals surface area contributed by atoms with Crippen molar-refractivity contribution in [1.82, 2.24) is 14.6 Å². The van der Waals surface area contributed by atoms with Crippen LogP contribution in [0, 0.1) is 6.92 Å². The average Bonchev–Trinajstić information content (AvgIpc) is 3.41.